The average molecular weight is 341 g/mol. The molecule has 0 aromatic carbocycles. The second-order valence-electron chi connectivity index (χ2n) is 1.97. The monoisotopic (exact) mass is 340 g/mol. The van der Waals surface area contributed by atoms with Gasteiger partial charge in [0.05, 0.1) is 0 Å². The summed E-state index contributed by atoms with van der Waals surface area (Å²) in [6, 6.07) is 3.53. The summed E-state index contributed by atoms with van der Waals surface area (Å²) < 4.78 is 11.3. The minimum Gasteiger partial charge on any atom is -0.444 e. The maximum absolute atomic E-state index is 5.20. The Hall–Kier alpha value is -0.370. The van der Waals surface area contributed by atoms with Gasteiger partial charge in [0.15, 0.2) is 10.4 Å². The molecule has 4 nitrogen and oxygen atoms in total. The van der Waals surface area contributed by atoms with Crippen molar-refractivity contribution >= 4 is 38.5 Å². The van der Waals surface area contributed by atoms with Gasteiger partial charge < -0.3 is 8.94 Å². The van der Waals surface area contributed by atoms with Crippen molar-refractivity contribution in [2.45, 2.75) is 0 Å². The molecule has 12 heavy (non-hydrogen) atoms. The van der Waals surface area contributed by atoms with Crippen LogP contribution < -0.4 is 0 Å². The minimum atomic E-state index is 0.394. The van der Waals surface area contributed by atoms with Crippen LogP contribution in [0.5, 0.6) is 0 Å². The summed E-state index contributed by atoms with van der Waals surface area (Å²) in [6.45, 7) is 0. The Morgan fingerprint density at radius 1 is 1.42 bits per heavy atom. The molecule has 0 unspecified atom stereocenters. The fourth-order valence-corrected chi connectivity index (χ4v) is 1.36. The van der Waals surface area contributed by atoms with Gasteiger partial charge in [-0.1, -0.05) is 5.16 Å². The van der Waals surface area contributed by atoms with Crippen molar-refractivity contribution < 1.29 is 8.94 Å². The van der Waals surface area contributed by atoms with Gasteiger partial charge in [-0.15, -0.1) is 0 Å². The zero-order valence-electron chi connectivity index (χ0n) is 5.62. The van der Waals surface area contributed by atoms with Gasteiger partial charge in [-0.2, -0.15) is 4.98 Å². The minimum absolute atomic E-state index is 0.394. The molecule has 0 radical (unpaired) electrons. The lowest BCUT2D eigenvalue weighted by Crippen LogP contribution is -1.72. The number of hydrogen-bond donors (Lipinski definition) is 0. The number of hydrogen-bond acceptors (Lipinski definition) is 4. The van der Waals surface area contributed by atoms with E-state index in [1.54, 1.807) is 12.1 Å². The molecule has 0 aliphatic rings. The lowest BCUT2D eigenvalue weighted by Gasteiger charge is -1.82. The van der Waals surface area contributed by atoms with Crippen LogP contribution in [0, 0.1) is 3.83 Å². The molecule has 62 valence electrons. The van der Waals surface area contributed by atoms with E-state index in [-0.39, 0.29) is 0 Å². The van der Waals surface area contributed by atoms with Crippen molar-refractivity contribution in [3.63, 3.8) is 0 Å². The fourth-order valence-electron chi connectivity index (χ4n) is 0.735. The third kappa shape index (κ3) is 1.53. The van der Waals surface area contributed by atoms with E-state index in [4.69, 9.17) is 8.94 Å². The highest BCUT2D eigenvalue weighted by atomic mass is 127. The first-order chi connectivity index (χ1) is 5.75. The van der Waals surface area contributed by atoms with Crippen LogP contribution in [0.2, 0.25) is 0 Å². The van der Waals surface area contributed by atoms with Crippen molar-refractivity contribution in [3.8, 4) is 11.7 Å². The Labute approximate surface area is 89.6 Å². The van der Waals surface area contributed by atoms with Gasteiger partial charge >= 0.3 is 0 Å². The summed E-state index contributed by atoms with van der Waals surface area (Å²) >= 11 is 5.14. The highest BCUT2D eigenvalue weighted by molar-refractivity contribution is 14.1. The average Bonchev–Trinajstić information content (AvgIpc) is 2.58. The van der Waals surface area contributed by atoms with Crippen molar-refractivity contribution in [2.75, 3.05) is 0 Å². The van der Waals surface area contributed by atoms with Crippen LogP contribution in [0.15, 0.2) is 25.7 Å². The van der Waals surface area contributed by atoms with Crippen LogP contribution in [-0.2, 0) is 0 Å². The first-order valence-corrected chi connectivity index (χ1v) is 4.88. The molecule has 0 N–H and O–H groups in total. The molecule has 0 atom stereocenters. The Balaban J connectivity index is 2.43. The van der Waals surface area contributed by atoms with Gasteiger partial charge in [0.2, 0.25) is 3.83 Å². The number of nitrogens with zero attached hydrogens (tertiary/aromatic N) is 2. The normalized spacial score (nSPS) is 10.5. The Kier molecular flexibility index (Phi) is 2.18. The van der Waals surface area contributed by atoms with Gasteiger partial charge in [-0.25, -0.2) is 0 Å². The topological polar surface area (TPSA) is 52.1 Å². The molecule has 2 heterocycles. The van der Waals surface area contributed by atoms with Crippen LogP contribution in [0.4, 0.5) is 0 Å². The second-order valence-corrected chi connectivity index (χ2v) is 3.72. The van der Waals surface area contributed by atoms with Crippen molar-refractivity contribution in [3.05, 3.63) is 20.6 Å². The highest BCUT2D eigenvalue weighted by Crippen LogP contribution is 2.23. The van der Waals surface area contributed by atoms with Crippen LogP contribution >= 0.6 is 38.5 Å². The van der Waals surface area contributed by atoms with Gasteiger partial charge in [0.1, 0.15) is 0 Å². The van der Waals surface area contributed by atoms with E-state index in [1.807, 2.05) is 22.6 Å². The highest BCUT2D eigenvalue weighted by Gasteiger charge is 2.10. The fraction of sp³-hybridized carbons (Fsp3) is 0. The van der Waals surface area contributed by atoms with Gasteiger partial charge in [0.25, 0.3) is 5.89 Å². The molecule has 0 spiro atoms. The lowest BCUT2D eigenvalue weighted by molar-refractivity contribution is 0.409. The molecular weight excluding hydrogens is 339 g/mol. The molecular formula is C6H2BrIN2O2. The summed E-state index contributed by atoms with van der Waals surface area (Å²) in [4.78, 5) is 3.99. The predicted octanol–water partition coefficient (Wildman–Crippen LogP) is 2.70. The van der Waals surface area contributed by atoms with Crippen LogP contribution in [0.25, 0.3) is 11.7 Å². The maximum Gasteiger partial charge on any atom is 0.294 e. The summed E-state index contributed by atoms with van der Waals surface area (Å²) in [5.41, 5.74) is 0. The van der Waals surface area contributed by atoms with E-state index < -0.39 is 0 Å². The molecule has 0 amide bonds. The molecule has 0 aliphatic heterocycles. The number of halogens is 2. The third-order valence-corrected chi connectivity index (χ3v) is 2.05. The Morgan fingerprint density at radius 3 is 2.75 bits per heavy atom. The Morgan fingerprint density at radius 2 is 2.25 bits per heavy atom. The van der Waals surface area contributed by atoms with E-state index >= 15 is 0 Å². The smallest absolute Gasteiger partial charge is 0.294 e. The maximum atomic E-state index is 5.20. The van der Waals surface area contributed by atoms with Crippen LogP contribution in [-0.4, -0.2) is 10.1 Å². The first kappa shape index (κ1) is 8.24. The molecule has 0 saturated heterocycles. The van der Waals surface area contributed by atoms with E-state index in [0.29, 0.717) is 20.2 Å². The quantitative estimate of drug-likeness (QED) is 0.749. The van der Waals surface area contributed by atoms with E-state index in [2.05, 4.69) is 26.1 Å². The van der Waals surface area contributed by atoms with Crippen molar-refractivity contribution in [1.82, 2.24) is 10.1 Å². The van der Waals surface area contributed by atoms with E-state index in [0.717, 1.165) is 0 Å². The number of rotatable bonds is 1. The van der Waals surface area contributed by atoms with E-state index in [9.17, 15) is 0 Å². The molecule has 0 aliphatic carbocycles. The van der Waals surface area contributed by atoms with Crippen LogP contribution in [0.1, 0.15) is 0 Å². The summed E-state index contributed by atoms with van der Waals surface area (Å²) in [5, 5.41) is 3.63. The predicted molar refractivity (Wildman–Crippen MR) is 52.4 cm³/mol. The first-order valence-electron chi connectivity index (χ1n) is 3.00. The van der Waals surface area contributed by atoms with Gasteiger partial charge in [0, 0.05) is 22.6 Å². The third-order valence-electron chi connectivity index (χ3n) is 1.19. The molecule has 2 aromatic heterocycles. The zero-order valence-corrected chi connectivity index (χ0v) is 9.37. The van der Waals surface area contributed by atoms with Crippen LogP contribution in [0.3, 0.4) is 0 Å². The lowest BCUT2D eigenvalue weighted by atomic mass is 10.4. The van der Waals surface area contributed by atoms with E-state index in [1.165, 1.54) is 0 Å². The molecule has 0 saturated carbocycles. The van der Waals surface area contributed by atoms with Crippen molar-refractivity contribution in [1.29, 1.82) is 0 Å². The molecule has 0 fully saturated rings. The molecule has 2 rings (SSSR count). The summed E-state index contributed by atoms with van der Waals surface area (Å²) in [5.74, 6) is 0.961. The summed E-state index contributed by atoms with van der Waals surface area (Å²) in [6.07, 6.45) is 0. The van der Waals surface area contributed by atoms with Gasteiger partial charge in [-0.05, 0) is 28.1 Å². The second kappa shape index (κ2) is 3.17. The standard InChI is InChI=1S/C6H2BrIN2O2/c7-4-2-1-3(11-4)5-9-6(8)10-12-5/h1-2H. The van der Waals surface area contributed by atoms with Crippen molar-refractivity contribution in [2.24, 2.45) is 0 Å². The molecule has 2 aromatic rings. The SMILES string of the molecule is Brc1ccc(-c2nc(I)no2)o1. The molecule has 0 bridgehead atoms. The van der Waals surface area contributed by atoms with Gasteiger partial charge in [-0.3, -0.25) is 0 Å². The Bertz CT molecular complexity index is 359. The number of furan rings is 1. The largest absolute Gasteiger partial charge is 0.444 e. The number of aromatic nitrogens is 2. The summed E-state index contributed by atoms with van der Waals surface area (Å²) in [7, 11) is 0. The zero-order chi connectivity index (χ0) is 8.55. The molecule has 6 heteroatoms.